The van der Waals surface area contributed by atoms with Crippen molar-refractivity contribution in [1.82, 2.24) is 20.4 Å². The number of nitrogens with zero attached hydrogens (tertiary/aromatic N) is 2. The number of benzene rings is 2. The summed E-state index contributed by atoms with van der Waals surface area (Å²) in [5.41, 5.74) is 3.47. The fourth-order valence-electron chi connectivity index (χ4n) is 3.49. The van der Waals surface area contributed by atoms with E-state index in [2.05, 4.69) is 22.8 Å². The molecule has 28 heavy (non-hydrogen) atoms. The molecule has 0 radical (unpaired) electrons. The monoisotopic (exact) mass is 396 g/mol. The summed E-state index contributed by atoms with van der Waals surface area (Å²) in [5.74, 6) is -0.0538. The fraction of sp³-hybridized carbons (Fsp3) is 0.273. The van der Waals surface area contributed by atoms with Gasteiger partial charge in [0.05, 0.1) is 12.1 Å². The van der Waals surface area contributed by atoms with Crippen molar-refractivity contribution in [2.24, 2.45) is 0 Å². The van der Waals surface area contributed by atoms with Crippen LogP contribution in [0.1, 0.15) is 28.8 Å². The number of amides is 1. The number of hydrogen-bond acceptors (Lipinski definition) is 3. The van der Waals surface area contributed by atoms with Gasteiger partial charge in [-0.3, -0.25) is 9.48 Å². The molecule has 1 amide bonds. The first-order chi connectivity index (χ1) is 13.3. The highest BCUT2D eigenvalue weighted by Gasteiger charge is 2.21. The molecular formula is C22H25ClN4O. The number of nitrogens with one attached hydrogen (secondary N) is 2. The van der Waals surface area contributed by atoms with Crippen LogP contribution in [0, 0.1) is 0 Å². The molecule has 146 valence electrons. The van der Waals surface area contributed by atoms with Crippen molar-refractivity contribution in [1.29, 1.82) is 0 Å². The summed E-state index contributed by atoms with van der Waals surface area (Å²) in [5, 5.41) is 11.2. The minimum absolute atomic E-state index is 0. The average molecular weight is 397 g/mol. The highest BCUT2D eigenvalue weighted by molar-refractivity contribution is 6.00. The molecule has 0 aliphatic carbocycles. The van der Waals surface area contributed by atoms with Gasteiger partial charge in [0.25, 0.3) is 5.91 Å². The van der Waals surface area contributed by atoms with Gasteiger partial charge in [-0.1, -0.05) is 60.7 Å². The molecule has 1 saturated heterocycles. The van der Waals surface area contributed by atoms with Crippen molar-refractivity contribution in [3.8, 4) is 11.3 Å². The molecule has 2 heterocycles. The second-order valence-electron chi connectivity index (χ2n) is 6.96. The van der Waals surface area contributed by atoms with Crippen molar-refractivity contribution in [2.45, 2.75) is 25.4 Å². The minimum Gasteiger partial charge on any atom is -0.348 e. The van der Waals surface area contributed by atoms with E-state index >= 15 is 0 Å². The third kappa shape index (κ3) is 4.80. The van der Waals surface area contributed by atoms with Gasteiger partial charge in [0.2, 0.25) is 0 Å². The van der Waals surface area contributed by atoms with Gasteiger partial charge in [-0.05, 0) is 24.9 Å². The summed E-state index contributed by atoms with van der Waals surface area (Å²) < 4.78 is 1.85. The summed E-state index contributed by atoms with van der Waals surface area (Å²) in [6.45, 7) is 2.49. The van der Waals surface area contributed by atoms with E-state index in [4.69, 9.17) is 5.10 Å². The van der Waals surface area contributed by atoms with Crippen molar-refractivity contribution in [3.05, 3.63) is 78.0 Å². The maximum absolute atomic E-state index is 13.0. The van der Waals surface area contributed by atoms with E-state index < -0.39 is 0 Å². The summed E-state index contributed by atoms with van der Waals surface area (Å²) in [4.78, 5) is 13.0. The topological polar surface area (TPSA) is 59.0 Å². The van der Waals surface area contributed by atoms with E-state index in [1.807, 2.05) is 59.4 Å². The van der Waals surface area contributed by atoms with Gasteiger partial charge in [-0.2, -0.15) is 5.10 Å². The van der Waals surface area contributed by atoms with E-state index in [-0.39, 0.29) is 24.4 Å². The van der Waals surface area contributed by atoms with Crippen LogP contribution < -0.4 is 10.6 Å². The predicted molar refractivity (Wildman–Crippen MR) is 114 cm³/mol. The smallest absolute Gasteiger partial charge is 0.255 e. The zero-order valence-electron chi connectivity index (χ0n) is 15.7. The lowest BCUT2D eigenvalue weighted by molar-refractivity contribution is 0.0931. The molecule has 4 rings (SSSR count). The number of carbonyl (C=O) groups is 1. The van der Waals surface area contributed by atoms with Gasteiger partial charge < -0.3 is 10.6 Å². The number of aromatic nitrogens is 2. The van der Waals surface area contributed by atoms with Crippen LogP contribution in [0.2, 0.25) is 0 Å². The van der Waals surface area contributed by atoms with Gasteiger partial charge in [-0.15, -0.1) is 12.4 Å². The van der Waals surface area contributed by atoms with Gasteiger partial charge >= 0.3 is 0 Å². The lowest BCUT2D eigenvalue weighted by Gasteiger charge is -2.23. The number of carbonyl (C=O) groups excluding carboxylic acids is 1. The quantitative estimate of drug-likeness (QED) is 0.693. The zero-order chi connectivity index (χ0) is 18.5. The number of piperidine rings is 1. The summed E-state index contributed by atoms with van der Waals surface area (Å²) in [6.07, 6.45) is 3.96. The minimum atomic E-state index is -0.0538. The molecular weight excluding hydrogens is 372 g/mol. The summed E-state index contributed by atoms with van der Waals surface area (Å²) in [7, 11) is 0. The van der Waals surface area contributed by atoms with Gasteiger partial charge in [0.15, 0.2) is 0 Å². The normalized spacial score (nSPS) is 16.2. The zero-order valence-corrected chi connectivity index (χ0v) is 16.5. The lowest BCUT2D eigenvalue weighted by Crippen LogP contribution is -2.45. The fourth-order valence-corrected chi connectivity index (χ4v) is 3.49. The maximum Gasteiger partial charge on any atom is 0.255 e. The molecule has 5 nitrogen and oxygen atoms in total. The third-order valence-corrected chi connectivity index (χ3v) is 4.87. The van der Waals surface area contributed by atoms with Crippen molar-refractivity contribution < 1.29 is 4.79 Å². The summed E-state index contributed by atoms with van der Waals surface area (Å²) in [6, 6.07) is 20.2. The van der Waals surface area contributed by atoms with Crippen molar-refractivity contribution in [2.75, 3.05) is 13.1 Å². The molecule has 2 N–H and O–H groups in total. The second-order valence-corrected chi connectivity index (χ2v) is 6.96. The SMILES string of the molecule is Cl.O=C(NC1CCCNC1)c1cn(Cc2ccccc2)nc1-c1ccccc1. The van der Waals surface area contributed by atoms with Crippen LogP contribution in [-0.2, 0) is 6.54 Å². The molecule has 0 spiro atoms. The van der Waals surface area contributed by atoms with Crippen LogP contribution in [0.25, 0.3) is 11.3 Å². The Labute approximate surface area is 171 Å². The van der Waals surface area contributed by atoms with Crippen LogP contribution >= 0.6 is 12.4 Å². The van der Waals surface area contributed by atoms with E-state index in [0.29, 0.717) is 12.1 Å². The molecule has 1 atom stereocenters. The Morgan fingerprint density at radius 2 is 1.82 bits per heavy atom. The maximum atomic E-state index is 13.0. The van der Waals surface area contributed by atoms with Crippen LogP contribution in [0.3, 0.4) is 0 Å². The Hall–Kier alpha value is -2.63. The van der Waals surface area contributed by atoms with Crippen molar-refractivity contribution >= 4 is 18.3 Å². The van der Waals surface area contributed by atoms with Gasteiger partial charge in [0.1, 0.15) is 5.69 Å². The van der Waals surface area contributed by atoms with Gasteiger partial charge in [0, 0.05) is 24.3 Å². The predicted octanol–water partition coefficient (Wildman–Crippen LogP) is 3.50. The number of hydrogen-bond donors (Lipinski definition) is 2. The summed E-state index contributed by atoms with van der Waals surface area (Å²) >= 11 is 0. The van der Waals surface area contributed by atoms with Crippen LogP contribution in [-0.4, -0.2) is 34.8 Å². The third-order valence-electron chi connectivity index (χ3n) is 4.87. The van der Waals surface area contributed by atoms with Crippen LogP contribution in [0.4, 0.5) is 0 Å². The Morgan fingerprint density at radius 1 is 1.11 bits per heavy atom. The molecule has 1 aliphatic heterocycles. The largest absolute Gasteiger partial charge is 0.348 e. The van der Waals surface area contributed by atoms with E-state index in [0.717, 1.165) is 42.8 Å². The first-order valence-electron chi connectivity index (χ1n) is 9.48. The highest BCUT2D eigenvalue weighted by Crippen LogP contribution is 2.22. The standard InChI is InChI=1S/C22H24N4O.ClH/c27-22(24-19-12-7-13-23-14-19)20-16-26(15-17-8-3-1-4-9-17)25-21(20)18-10-5-2-6-11-18;/h1-6,8-11,16,19,23H,7,12-15H2,(H,24,27);1H. The van der Waals surface area contributed by atoms with E-state index in [9.17, 15) is 4.79 Å². The van der Waals surface area contributed by atoms with Crippen LogP contribution in [0.15, 0.2) is 66.9 Å². The van der Waals surface area contributed by atoms with Crippen molar-refractivity contribution in [3.63, 3.8) is 0 Å². The number of halogens is 1. The molecule has 3 aromatic rings. The Balaban J connectivity index is 0.00000225. The van der Waals surface area contributed by atoms with E-state index in [1.165, 1.54) is 0 Å². The van der Waals surface area contributed by atoms with Crippen LogP contribution in [0.5, 0.6) is 0 Å². The molecule has 6 heteroatoms. The Kier molecular flexibility index (Phi) is 6.85. The first-order valence-corrected chi connectivity index (χ1v) is 9.48. The lowest BCUT2D eigenvalue weighted by atomic mass is 10.1. The molecule has 2 aromatic carbocycles. The average Bonchev–Trinajstić information content (AvgIpc) is 3.14. The molecule has 1 unspecified atom stereocenters. The Bertz CT molecular complexity index is 889. The first kappa shape index (κ1) is 20.1. The Morgan fingerprint density at radius 3 is 2.50 bits per heavy atom. The molecule has 1 aliphatic rings. The van der Waals surface area contributed by atoms with E-state index in [1.54, 1.807) is 0 Å². The molecule has 1 fully saturated rings. The molecule has 1 aromatic heterocycles. The van der Waals surface area contributed by atoms with Gasteiger partial charge in [-0.25, -0.2) is 0 Å². The number of rotatable bonds is 5. The molecule has 0 saturated carbocycles. The second kappa shape index (κ2) is 9.53. The highest BCUT2D eigenvalue weighted by atomic mass is 35.5. The molecule has 0 bridgehead atoms.